The van der Waals surface area contributed by atoms with E-state index in [4.69, 9.17) is 9.97 Å². The van der Waals surface area contributed by atoms with Crippen molar-refractivity contribution in [2.75, 3.05) is 0 Å². The van der Waals surface area contributed by atoms with Crippen molar-refractivity contribution in [3.8, 4) is 56.0 Å². The first kappa shape index (κ1) is 20.6. The van der Waals surface area contributed by atoms with Gasteiger partial charge in [0.1, 0.15) is 0 Å². The molecule has 1 aliphatic carbocycles. The van der Waals surface area contributed by atoms with Gasteiger partial charge >= 0.3 is 0 Å². The first-order chi connectivity index (χ1) is 18.4. The van der Waals surface area contributed by atoms with Crippen molar-refractivity contribution in [2.45, 2.75) is 0 Å². The fourth-order valence-electron chi connectivity index (χ4n) is 5.67. The van der Waals surface area contributed by atoms with Crippen molar-refractivity contribution >= 4 is 31.5 Å². The van der Waals surface area contributed by atoms with Crippen LogP contribution in [0.25, 0.3) is 76.2 Å². The second kappa shape index (κ2) is 7.95. The third-order valence-electron chi connectivity index (χ3n) is 7.34. The summed E-state index contributed by atoms with van der Waals surface area (Å²) in [6.07, 6.45) is 2.02. The van der Waals surface area contributed by atoms with Crippen molar-refractivity contribution in [2.24, 2.45) is 0 Å². The lowest BCUT2D eigenvalue weighted by molar-refractivity contribution is 1.19. The van der Waals surface area contributed by atoms with E-state index in [-0.39, 0.29) is 0 Å². The highest BCUT2D eigenvalue weighted by Gasteiger charge is 2.23. The van der Waals surface area contributed by atoms with Crippen LogP contribution in [0.4, 0.5) is 0 Å². The average Bonchev–Trinajstić information content (AvgIpc) is 3.35. The highest BCUT2D eigenvalue weighted by Crippen LogP contribution is 2.47. The molecular weight excluding hydrogens is 468 g/mol. The Bertz CT molecular complexity index is 1990. The van der Waals surface area contributed by atoms with E-state index in [2.05, 4.69) is 115 Å². The van der Waals surface area contributed by atoms with Crippen molar-refractivity contribution < 1.29 is 0 Å². The SMILES string of the molecule is c1ccc2c(c1)-c1ccccc1-c1cnc(-c3cccc4c3sc3ccccc34)nc1-c1ccccc1-2. The van der Waals surface area contributed by atoms with Gasteiger partial charge in [-0.1, -0.05) is 103 Å². The Hall–Kier alpha value is -4.60. The number of hydrogen-bond donors (Lipinski definition) is 0. The Morgan fingerprint density at radius 3 is 1.65 bits per heavy atom. The van der Waals surface area contributed by atoms with Gasteiger partial charge in [-0.05, 0) is 39.9 Å². The van der Waals surface area contributed by atoms with Gasteiger partial charge in [-0.25, -0.2) is 9.97 Å². The van der Waals surface area contributed by atoms with Crippen LogP contribution in [0.1, 0.15) is 0 Å². The molecule has 0 spiro atoms. The van der Waals surface area contributed by atoms with Gasteiger partial charge in [0.25, 0.3) is 0 Å². The highest BCUT2D eigenvalue weighted by molar-refractivity contribution is 7.26. The predicted octanol–water partition coefficient (Wildman–Crippen LogP) is 9.49. The third-order valence-corrected chi connectivity index (χ3v) is 8.56. The van der Waals surface area contributed by atoms with E-state index in [0.717, 1.165) is 33.8 Å². The van der Waals surface area contributed by atoms with Crippen LogP contribution >= 0.6 is 11.3 Å². The minimum Gasteiger partial charge on any atom is -0.236 e. The van der Waals surface area contributed by atoms with Crippen LogP contribution in [-0.4, -0.2) is 9.97 Å². The summed E-state index contributed by atoms with van der Waals surface area (Å²) in [5.41, 5.74) is 10.3. The zero-order valence-corrected chi connectivity index (χ0v) is 20.7. The number of aromatic nitrogens is 2. The maximum Gasteiger partial charge on any atom is 0.161 e. The number of hydrogen-bond acceptors (Lipinski definition) is 3. The topological polar surface area (TPSA) is 25.8 Å². The number of rotatable bonds is 1. The largest absolute Gasteiger partial charge is 0.236 e. The average molecular weight is 489 g/mol. The molecule has 5 aromatic carbocycles. The summed E-state index contributed by atoms with van der Waals surface area (Å²) in [4.78, 5) is 10.3. The monoisotopic (exact) mass is 488 g/mol. The van der Waals surface area contributed by atoms with E-state index in [1.165, 1.54) is 42.4 Å². The van der Waals surface area contributed by atoms with Crippen LogP contribution in [0.15, 0.2) is 121 Å². The van der Waals surface area contributed by atoms with E-state index >= 15 is 0 Å². The maximum atomic E-state index is 5.31. The Kier molecular flexibility index (Phi) is 4.42. The Balaban J connectivity index is 1.45. The second-order valence-corrected chi connectivity index (χ2v) is 10.4. The molecule has 2 nitrogen and oxygen atoms in total. The van der Waals surface area contributed by atoms with E-state index in [9.17, 15) is 0 Å². The van der Waals surface area contributed by atoms with Gasteiger partial charge in [0.15, 0.2) is 5.82 Å². The van der Waals surface area contributed by atoms with Crippen LogP contribution in [0, 0.1) is 0 Å². The third kappa shape index (κ3) is 3.05. The molecule has 0 amide bonds. The molecule has 37 heavy (non-hydrogen) atoms. The molecule has 0 unspecified atom stereocenters. The van der Waals surface area contributed by atoms with Gasteiger partial charge in [-0.15, -0.1) is 11.3 Å². The number of nitrogens with zero attached hydrogens (tertiary/aromatic N) is 2. The highest BCUT2D eigenvalue weighted by atomic mass is 32.1. The minimum atomic E-state index is 0.761. The Morgan fingerprint density at radius 2 is 0.946 bits per heavy atom. The van der Waals surface area contributed by atoms with Gasteiger partial charge in [0, 0.05) is 43.1 Å². The number of fused-ring (bicyclic) bond motifs is 11. The molecule has 0 radical (unpaired) electrons. The normalized spacial score (nSPS) is 11.8. The molecule has 0 fully saturated rings. The molecule has 7 aromatic rings. The van der Waals surface area contributed by atoms with Crippen LogP contribution in [0.3, 0.4) is 0 Å². The predicted molar refractivity (Wildman–Crippen MR) is 156 cm³/mol. The van der Waals surface area contributed by atoms with Crippen molar-refractivity contribution in [1.29, 1.82) is 0 Å². The molecule has 2 aromatic heterocycles. The standard InChI is InChI=1S/C34H20N2S/c1-2-11-22-21(10-1)23-12-3-4-14-25(23)30-20-35-34(36-32(30)27-16-6-5-13-24(22)27)29-18-9-17-28-26-15-7-8-19-31(26)37-33(28)29/h1-20H. The summed E-state index contributed by atoms with van der Waals surface area (Å²) >= 11 is 1.81. The first-order valence-corrected chi connectivity index (χ1v) is 13.2. The maximum absolute atomic E-state index is 5.31. The van der Waals surface area contributed by atoms with Gasteiger partial charge < -0.3 is 0 Å². The molecule has 0 bridgehead atoms. The van der Waals surface area contributed by atoms with E-state index in [1.54, 1.807) is 0 Å². The van der Waals surface area contributed by atoms with Crippen LogP contribution in [-0.2, 0) is 0 Å². The van der Waals surface area contributed by atoms with Crippen molar-refractivity contribution in [1.82, 2.24) is 9.97 Å². The molecule has 3 heteroatoms. The Labute approximate surface area is 218 Å². The summed E-state index contributed by atoms with van der Waals surface area (Å²) in [6, 6.07) is 41.0. The fraction of sp³-hybridized carbons (Fsp3) is 0. The number of thiophene rings is 1. The number of benzene rings is 5. The van der Waals surface area contributed by atoms with Gasteiger partial charge in [-0.2, -0.15) is 0 Å². The molecule has 8 rings (SSSR count). The summed E-state index contributed by atoms with van der Waals surface area (Å²) in [5, 5.41) is 2.54. The molecule has 0 saturated heterocycles. The Morgan fingerprint density at radius 1 is 0.432 bits per heavy atom. The first-order valence-electron chi connectivity index (χ1n) is 12.4. The van der Waals surface area contributed by atoms with E-state index in [1.807, 2.05) is 17.5 Å². The summed E-state index contributed by atoms with van der Waals surface area (Å²) in [5.74, 6) is 0.761. The molecule has 0 N–H and O–H groups in total. The van der Waals surface area contributed by atoms with Crippen LogP contribution < -0.4 is 0 Å². The molecule has 172 valence electrons. The smallest absolute Gasteiger partial charge is 0.161 e. The van der Waals surface area contributed by atoms with Crippen molar-refractivity contribution in [3.05, 3.63) is 121 Å². The minimum absolute atomic E-state index is 0.761. The molecule has 1 aliphatic rings. The summed E-state index contributed by atoms with van der Waals surface area (Å²) in [6.45, 7) is 0. The molecule has 0 aliphatic heterocycles. The summed E-state index contributed by atoms with van der Waals surface area (Å²) in [7, 11) is 0. The van der Waals surface area contributed by atoms with Crippen LogP contribution in [0.5, 0.6) is 0 Å². The second-order valence-electron chi connectivity index (χ2n) is 9.37. The summed E-state index contributed by atoms with van der Waals surface area (Å²) < 4.78 is 2.51. The molecular formula is C34H20N2S. The molecule has 0 saturated carbocycles. The molecule has 0 atom stereocenters. The fourth-order valence-corrected chi connectivity index (χ4v) is 6.88. The van der Waals surface area contributed by atoms with Gasteiger partial charge in [0.2, 0.25) is 0 Å². The molecule has 2 heterocycles. The quantitative estimate of drug-likeness (QED) is 0.230. The van der Waals surface area contributed by atoms with Gasteiger partial charge in [0.05, 0.1) is 5.69 Å². The lowest BCUT2D eigenvalue weighted by Crippen LogP contribution is -2.01. The lowest BCUT2D eigenvalue weighted by atomic mass is 9.83. The zero-order chi connectivity index (χ0) is 24.3. The van der Waals surface area contributed by atoms with E-state index < -0.39 is 0 Å². The van der Waals surface area contributed by atoms with E-state index in [0.29, 0.717) is 0 Å². The lowest BCUT2D eigenvalue weighted by Gasteiger charge is -2.22. The zero-order valence-electron chi connectivity index (χ0n) is 19.8. The van der Waals surface area contributed by atoms with Crippen molar-refractivity contribution in [3.63, 3.8) is 0 Å². The van der Waals surface area contributed by atoms with Gasteiger partial charge in [-0.3, -0.25) is 0 Å². The van der Waals surface area contributed by atoms with Crippen LogP contribution in [0.2, 0.25) is 0 Å².